The molecule has 0 spiro atoms. The second-order valence-electron chi connectivity index (χ2n) is 3.65. The van der Waals surface area contributed by atoms with E-state index in [-0.39, 0.29) is 0 Å². The van der Waals surface area contributed by atoms with Gasteiger partial charge in [-0.3, -0.25) is 0 Å². The molecule has 2 N–H and O–H groups in total. The standard InChI is InChI=1S/C14H12N2OS/c1-17-12-3-2-4-13(8-12)18-14-6-5-11(16)7-10(14)9-15/h2-8H,16H2,1H3. The average molecular weight is 256 g/mol. The summed E-state index contributed by atoms with van der Waals surface area (Å²) >= 11 is 1.52. The third-order valence-electron chi connectivity index (χ3n) is 2.39. The molecule has 2 aromatic carbocycles. The molecule has 90 valence electrons. The van der Waals surface area contributed by atoms with E-state index >= 15 is 0 Å². The van der Waals surface area contributed by atoms with Crippen molar-refractivity contribution in [3.8, 4) is 11.8 Å². The molecule has 2 aromatic rings. The van der Waals surface area contributed by atoms with Crippen LogP contribution in [0.3, 0.4) is 0 Å². The lowest BCUT2D eigenvalue weighted by Crippen LogP contribution is -1.88. The third-order valence-corrected chi connectivity index (χ3v) is 3.46. The van der Waals surface area contributed by atoms with Crippen LogP contribution >= 0.6 is 11.8 Å². The molecule has 0 aliphatic heterocycles. The smallest absolute Gasteiger partial charge is 0.119 e. The number of hydrogen-bond acceptors (Lipinski definition) is 4. The van der Waals surface area contributed by atoms with Crippen LogP contribution in [0.4, 0.5) is 5.69 Å². The Morgan fingerprint density at radius 1 is 1.22 bits per heavy atom. The van der Waals surface area contributed by atoms with E-state index in [1.54, 1.807) is 19.2 Å². The molecule has 0 aliphatic rings. The number of nitrogens with two attached hydrogens (primary N) is 1. The van der Waals surface area contributed by atoms with Crippen molar-refractivity contribution in [3.05, 3.63) is 48.0 Å². The van der Waals surface area contributed by atoms with Gasteiger partial charge in [-0.2, -0.15) is 5.26 Å². The van der Waals surface area contributed by atoms with Crippen LogP contribution in [0.2, 0.25) is 0 Å². The molecule has 0 unspecified atom stereocenters. The van der Waals surface area contributed by atoms with E-state index in [4.69, 9.17) is 15.7 Å². The summed E-state index contributed by atoms with van der Waals surface area (Å²) in [6.45, 7) is 0. The molecule has 4 heteroatoms. The van der Waals surface area contributed by atoms with Crippen molar-refractivity contribution in [2.75, 3.05) is 12.8 Å². The Hall–Kier alpha value is -2.12. The average Bonchev–Trinajstić information content (AvgIpc) is 2.41. The molecule has 0 radical (unpaired) electrons. The van der Waals surface area contributed by atoms with Gasteiger partial charge < -0.3 is 10.5 Å². The van der Waals surface area contributed by atoms with Gasteiger partial charge in [-0.1, -0.05) is 17.8 Å². The molecule has 2 rings (SSSR count). The lowest BCUT2D eigenvalue weighted by atomic mass is 10.2. The van der Waals surface area contributed by atoms with Gasteiger partial charge in [-0.15, -0.1) is 0 Å². The molecule has 0 atom stereocenters. The Bertz CT molecular complexity index is 605. The first-order valence-corrected chi connectivity index (χ1v) is 6.16. The Morgan fingerprint density at radius 3 is 2.78 bits per heavy atom. The molecule has 18 heavy (non-hydrogen) atoms. The van der Waals surface area contributed by atoms with Gasteiger partial charge in [0.15, 0.2) is 0 Å². The largest absolute Gasteiger partial charge is 0.497 e. The summed E-state index contributed by atoms with van der Waals surface area (Å²) in [6, 6.07) is 15.2. The summed E-state index contributed by atoms with van der Waals surface area (Å²) in [5.41, 5.74) is 6.85. The highest BCUT2D eigenvalue weighted by atomic mass is 32.2. The van der Waals surface area contributed by atoms with Crippen molar-refractivity contribution in [2.24, 2.45) is 0 Å². The Morgan fingerprint density at radius 2 is 2.06 bits per heavy atom. The maximum atomic E-state index is 9.08. The number of nitrogens with zero attached hydrogens (tertiary/aromatic N) is 1. The fraction of sp³-hybridized carbons (Fsp3) is 0.0714. The number of ether oxygens (including phenoxy) is 1. The quantitative estimate of drug-likeness (QED) is 0.856. The lowest BCUT2D eigenvalue weighted by Gasteiger charge is -2.06. The van der Waals surface area contributed by atoms with Crippen LogP contribution in [-0.2, 0) is 0 Å². The minimum absolute atomic E-state index is 0.586. The van der Waals surface area contributed by atoms with E-state index in [9.17, 15) is 0 Å². The second-order valence-corrected chi connectivity index (χ2v) is 4.76. The molecule has 0 amide bonds. The Balaban J connectivity index is 2.31. The lowest BCUT2D eigenvalue weighted by molar-refractivity contribution is 0.413. The first kappa shape index (κ1) is 12.3. The second kappa shape index (κ2) is 5.48. The number of hydrogen-bond donors (Lipinski definition) is 1. The van der Waals surface area contributed by atoms with Crippen molar-refractivity contribution in [1.82, 2.24) is 0 Å². The molecule has 0 heterocycles. The Kier molecular flexibility index (Phi) is 3.75. The number of nitriles is 1. The zero-order chi connectivity index (χ0) is 13.0. The van der Waals surface area contributed by atoms with Crippen molar-refractivity contribution < 1.29 is 4.74 Å². The monoisotopic (exact) mass is 256 g/mol. The first-order valence-electron chi connectivity index (χ1n) is 5.34. The van der Waals surface area contributed by atoms with Gasteiger partial charge in [0.1, 0.15) is 11.8 Å². The summed E-state index contributed by atoms with van der Waals surface area (Å²) in [4.78, 5) is 1.91. The highest BCUT2D eigenvalue weighted by molar-refractivity contribution is 7.99. The summed E-state index contributed by atoms with van der Waals surface area (Å²) in [7, 11) is 1.63. The number of rotatable bonds is 3. The van der Waals surface area contributed by atoms with Crippen LogP contribution in [0.25, 0.3) is 0 Å². The van der Waals surface area contributed by atoms with Gasteiger partial charge in [0.25, 0.3) is 0 Å². The SMILES string of the molecule is COc1cccc(Sc2ccc(N)cc2C#N)c1. The summed E-state index contributed by atoms with van der Waals surface area (Å²) in [5.74, 6) is 0.800. The number of benzene rings is 2. The fourth-order valence-electron chi connectivity index (χ4n) is 1.52. The van der Waals surface area contributed by atoms with Gasteiger partial charge in [-0.25, -0.2) is 0 Å². The van der Waals surface area contributed by atoms with Crippen molar-refractivity contribution in [2.45, 2.75) is 9.79 Å². The fourth-order valence-corrected chi connectivity index (χ4v) is 2.44. The predicted octanol–water partition coefficient (Wildman–Crippen LogP) is 3.30. The molecule has 0 saturated carbocycles. The molecule has 0 aromatic heterocycles. The van der Waals surface area contributed by atoms with E-state index in [0.717, 1.165) is 15.5 Å². The number of anilines is 1. The molecular formula is C14H12N2OS. The van der Waals surface area contributed by atoms with Gasteiger partial charge in [0.2, 0.25) is 0 Å². The molecule has 0 saturated heterocycles. The predicted molar refractivity (Wildman–Crippen MR) is 72.7 cm³/mol. The molecule has 0 bridgehead atoms. The van der Waals surface area contributed by atoms with Gasteiger partial charge in [-0.05, 0) is 36.4 Å². The van der Waals surface area contributed by atoms with Gasteiger partial charge in [0.05, 0.1) is 12.7 Å². The Labute approximate surface area is 110 Å². The summed E-state index contributed by atoms with van der Waals surface area (Å²) in [6.07, 6.45) is 0. The summed E-state index contributed by atoms with van der Waals surface area (Å²) < 4.78 is 5.17. The molecule has 0 fully saturated rings. The highest BCUT2D eigenvalue weighted by Crippen LogP contribution is 2.32. The zero-order valence-corrected chi connectivity index (χ0v) is 10.7. The minimum Gasteiger partial charge on any atom is -0.497 e. The maximum Gasteiger partial charge on any atom is 0.119 e. The van der Waals surface area contributed by atoms with E-state index in [0.29, 0.717) is 11.3 Å². The topological polar surface area (TPSA) is 59.0 Å². The highest BCUT2D eigenvalue weighted by Gasteiger charge is 2.05. The van der Waals surface area contributed by atoms with Gasteiger partial charge in [0, 0.05) is 15.5 Å². The van der Waals surface area contributed by atoms with Crippen LogP contribution in [0, 0.1) is 11.3 Å². The van der Waals surface area contributed by atoms with Crippen LogP contribution in [0.15, 0.2) is 52.3 Å². The maximum absolute atomic E-state index is 9.08. The first-order chi connectivity index (χ1) is 8.72. The van der Waals surface area contributed by atoms with Crippen molar-refractivity contribution >= 4 is 17.4 Å². The number of methoxy groups -OCH3 is 1. The third kappa shape index (κ3) is 2.76. The van der Waals surface area contributed by atoms with Crippen LogP contribution in [0.1, 0.15) is 5.56 Å². The van der Waals surface area contributed by atoms with E-state index in [1.165, 1.54) is 11.8 Å². The van der Waals surface area contributed by atoms with Crippen LogP contribution < -0.4 is 10.5 Å². The zero-order valence-electron chi connectivity index (χ0n) is 9.88. The molecule has 0 aliphatic carbocycles. The summed E-state index contributed by atoms with van der Waals surface area (Å²) in [5, 5.41) is 9.08. The van der Waals surface area contributed by atoms with Crippen molar-refractivity contribution in [3.63, 3.8) is 0 Å². The van der Waals surface area contributed by atoms with E-state index in [2.05, 4.69) is 6.07 Å². The molecular weight excluding hydrogens is 244 g/mol. The minimum atomic E-state index is 0.586. The van der Waals surface area contributed by atoms with Crippen LogP contribution in [0.5, 0.6) is 5.75 Å². The van der Waals surface area contributed by atoms with Crippen molar-refractivity contribution in [1.29, 1.82) is 5.26 Å². The normalized spacial score (nSPS) is 9.78. The van der Waals surface area contributed by atoms with Gasteiger partial charge >= 0.3 is 0 Å². The molecule has 3 nitrogen and oxygen atoms in total. The van der Waals surface area contributed by atoms with Crippen LogP contribution in [-0.4, -0.2) is 7.11 Å². The van der Waals surface area contributed by atoms with E-state index in [1.807, 2.05) is 30.3 Å². The number of nitrogen functional groups attached to an aromatic ring is 1. The van der Waals surface area contributed by atoms with E-state index < -0.39 is 0 Å².